The molecule has 0 aromatic heterocycles. The molecule has 0 bridgehead atoms. The molecular weight excluding hydrogens is 240 g/mol. The third-order valence-electron chi connectivity index (χ3n) is 3.38. The van der Waals surface area contributed by atoms with Crippen molar-refractivity contribution in [1.82, 2.24) is 9.80 Å². The Bertz CT molecular complexity index is 434. The van der Waals surface area contributed by atoms with E-state index in [4.69, 9.17) is 4.74 Å². The van der Waals surface area contributed by atoms with Crippen LogP contribution in [0.1, 0.15) is 10.4 Å². The molecule has 1 heterocycles. The summed E-state index contributed by atoms with van der Waals surface area (Å²) in [6.07, 6.45) is 1.90. The maximum Gasteiger partial charge on any atom is 0.253 e. The molecule has 1 amide bonds. The standard InChI is InChI=1S/C15H20N2O2/c1-3-8-16-9-11-17(12-10-16)15(18)13-4-6-14(19-2)7-5-13/h3-7H,1,8-12H2,2H3. The fourth-order valence-electron chi connectivity index (χ4n) is 2.23. The Balaban J connectivity index is 1.94. The molecule has 1 aliphatic rings. The lowest BCUT2D eigenvalue weighted by Gasteiger charge is -2.34. The van der Waals surface area contributed by atoms with E-state index in [2.05, 4.69) is 11.5 Å². The van der Waals surface area contributed by atoms with Crippen molar-refractivity contribution in [2.24, 2.45) is 0 Å². The molecule has 0 N–H and O–H groups in total. The molecule has 1 fully saturated rings. The largest absolute Gasteiger partial charge is 0.497 e. The predicted octanol–water partition coefficient (Wildman–Crippen LogP) is 1.64. The lowest BCUT2D eigenvalue weighted by molar-refractivity contribution is 0.0650. The Labute approximate surface area is 114 Å². The van der Waals surface area contributed by atoms with Gasteiger partial charge in [-0.2, -0.15) is 0 Å². The normalized spacial score (nSPS) is 16.2. The number of nitrogens with zero attached hydrogens (tertiary/aromatic N) is 2. The van der Waals surface area contributed by atoms with Crippen LogP contribution in [0.4, 0.5) is 0 Å². The highest BCUT2D eigenvalue weighted by Crippen LogP contribution is 2.14. The van der Waals surface area contributed by atoms with E-state index < -0.39 is 0 Å². The van der Waals surface area contributed by atoms with E-state index >= 15 is 0 Å². The van der Waals surface area contributed by atoms with Crippen LogP contribution < -0.4 is 4.74 Å². The van der Waals surface area contributed by atoms with E-state index in [-0.39, 0.29) is 5.91 Å². The minimum Gasteiger partial charge on any atom is -0.497 e. The molecule has 0 radical (unpaired) electrons. The van der Waals surface area contributed by atoms with Crippen molar-refractivity contribution in [3.63, 3.8) is 0 Å². The molecular formula is C15H20N2O2. The molecule has 102 valence electrons. The van der Waals surface area contributed by atoms with Gasteiger partial charge in [0.05, 0.1) is 7.11 Å². The summed E-state index contributed by atoms with van der Waals surface area (Å²) >= 11 is 0. The maximum atomic E-state index is 12.3. The molecule has 19 heavy (non-hydrogen) atoms. The first-order valence-corrected chi connectivity index (χ1v) is 6.51. The van der Waals surface area contributed by atoms with Crippen LogP contribution in [0.25, 0.3) is 0 Å². The number of rotatable bonds is 4. The van der Waals surface area contributed by atoms with Gasteiger partial charge >= 0.3 is 0 Å². The molecule has 2 rings (SSSR count). The highest BCUT2D eigenvalue weighted by atomic mass is 16.5. The van der Waals surface area contributed by atoms with Crippen LogP contribution in [0.15, 0.2) is 36.9 Å². The molecule has 1 aromatic rings. The summed E-state index contributed by atoms with van der Waals surface area (Å²) in [4.78, 5) is 16.5. The Morgan fingerprint density at radius 3 is 2.42 bits per heavy atom. The minimum absolute atomic E-state index is 0.0981. The maximum absolute atomic E-state index is 12.3. The number of ether oxygens (including phenoxy) is 1. The minimum atomic E-state index is 0.0981. The first-order chi connectivity index (χ1) is 9.24. The Hall–Kier alpha value is -1.81. The first-order valence-electron chi connectivity index (χ1n) is 6.51. The van der Waals surface area contributed by atoms with Crippen LogP contribution >= 0.6 is 0 Å². The summed E-state index contributed by atoms with van der Waals surface area (Å²) in [6.45, 7) is 8.01. The number of benzene rings is 1. The molecule has 0 aliphatic carbocycles. The number of methoxy groups -OCH3 is 1. The van der Waals surface area contributed by atoms with E-state index in [0.717, 1.165) is 44.0 Å². The highest BCUT2D eigenvalue weighted by Gasteiger charge is 2.21. The van der Waals surface area contributed by atoms with Crippen LogP contribution in [0.3, 0.4) is 0 Å². The van der Waals surface area contributed by atoms with Gasteiger partial charge in [0, 0.05) is 38.3 Å². The SMILES string of the molecule is C=CCN1CCN(C(=O)c2ccc(OC)cc2)CC1. The monoisotopic (exact) mass is 260 g/mol. The number of carbonyl (C=O) groups excluding carboxylic acids is 1. The van der Waals surface area contributed by atoms with Crippen molar-refractivity contribution < 1.29 is 9.53 Å². The number of hydrogen-bond acceptors (Lipinski definition) is 3. The Morgan fingerprint density at radius 2 is 1.89 bits per heavy atom. The summed E-state index contributed by atoms with van der Waals surface area (Å²) in [5.74, 6) is 0.869. The van der Waals surface area contributed by atoms with Gasteiger partial charge in [0.25, 0.3) is 5.91 Å². The summed E-state index contributed by atoms with van der Waals surface area (Å²) in [5, 5.41) is 0. The van der Waals surface area contributed by atoms with Crippen LogP contribution in [0.2, 0.25) is 0 Å². The number of hydrogen-bond donors (Lipinski definition) is 0. The third kappa shape index (κ3) is 3.35. The summed E-state index contributed by atoms with van der Waals surface area (Å²) in [7, 11) is 1.62. The van der Waals surface area contributed by atoms with Gasteiger partial charge in [-0.1, -0.05) is 6.08 Å². The van der Waals surface area contributed by atoms with Gasteiger partial charge in [0.15, 0.2) is 0 Å². The number of piperazine rings is 1. The smallest absolute Gasteiger partial charge is 0.253 e. The van der Waals surface area contributed by atoms with Crippen LogP contribution in [-0.2, 0) is 0 Å². The zero-order chi connectivity index (χ0) is 13.7. The van der Waals surface area contributed by atoms with Gasteiger partial charge in [0.2, 0.25) is 0 Å². The number of carbonyl (C=O) groups is 1. The summed E-state index contributed by atoms with van der Waals surface area (Å²) in [6, 6.07) is 7.27. The average molecular weight is 260 g/mol. The molecule has 1 aromatic carbocycles. The molecule has 4 heteroatoms. The topological polar surface area (TPSA) is 32.8 Å². The lowest BCUT2D eigenvalue weighted by atomic mass is 10.1. The Kier molecular flexibility index (Phi) is 4.58. The van der Waals surface area contributed by atoms with E-state index in [1.165, 1.54) is 0 Å². The van der Waals surface area contributed by atoms with Crippen molar-refractivity contribution in [3.8, 4) is 5.75 Å². The van der Waals surface area contributed by atoms with Gasteiger partial charge in [-0.3, -0.25) is 9.69 Å². The van der Waals surface area contributed by atoms with Crippen LogP contribution in [0, 0.1) is 0 Å². The summed E-state index contributed by atoms with van der Waals surface area (Å²) < 4.78 is 5.09. The van der Waals surface area contributed by atoms with Gasteiger partial charge in [0.1, 0.15) is 5.75 Å². The third-order valence-corrected chi connectivity index (χ3v) is 3.38. The molecule has 0 saturated carbocycles. The van der Waals surface area contributed by atoms with Gasteiger partial charge in [-0.15, -0.1) is 6.58 Å². The molecule has 0 unspecified atom stereocenters. The molecule has 1 saturated heterocycles. The zero-order valence-electron chi connectivity index (χ0n) is 11.3. The fraction of sp³-hybridized carbons (Fsp3) is 0.400. The molecule has 0 spiro atoms. The predicted molar refractivity (Wildman–Crippen MR) is 75.5 cm³/mol. The second-order valence-corrected chi connectivity index (χ2v) is 4.61. The van der Waals surface area contributed by atoms with Crippen LogP contribution in [-0.4, -0.2) is 55.5 Å². The highest BCUT2D eigenvalue weighted by molar-refractivity contribution is 5.94. The van der Waals surface area contributed by atoms with Crippen LogP contribution in [0.5, 0.6) is 5.75 Å². The van der Waals surface area contributed by atoms with Gasteiger partial charge in [-0.25, -0.2) is 0 Å². The molecule has 0 atom stereocenters. The second-order valence-electron chi connectivity index (χ2n) is 4.61. The van der Waals surface area contributed by atoms with Crippen molar-refractivity contribution >= 4 is 5.91 Å². The fourth-order valence-corrected chi connectivity index (χ4v) is 2.23. The Morgan fingerprint density at radius 1 is 1.26 bits per heavy atom. The first kappa shape index (κ1) is 13.6. The second kappa shape index (κ2) is 6.38. The summed E-state index contributed by atoms with van der Waals surface area (Å²) in [5.41, 5.74) is 0.720. The van der Waals surface area contributed by atoms with E-state index in [0.29, 0.717) is 0 Å². The lowest BCUT2D eigenvalue weighted by Crippen LogP contribution is -2.48. The van der Waals surface area contributed by atoms with Crippen molar-refractivity contribution in [2.75, 3.05) is 39.8 Å². The molecule has 4 nitrogen and oxygen atoms in total. The van der Waals surface area contributed by atoms with Crippen molar-refractivity contribution in [3.05, 3.63) is 42.5 Å². The van der Waals surface area contributed by atoms with E-state index in [9.17, 15) is 4.79 Å². The number of amides is 1. The van der Waals surface area contributed by atoms with Crippen molar-refractivity contribution in [1.29, 1.82) is 0 Å². The zero-order valence-corrected chi connectivity index (χ0v) is 11.3. The molecule has 1 aliphatic heterocycles. The van der Waals surface area contributed by atoms with E-state index in [1.54, 1.807) is 7.11 Å². The van der Waals surface area contributed by atoms with Crippen molar-refractivity contribution in [2.45, 2.75) is 0 Å². The average Bonchev–Trinajstić information content (AvgIpc) is 2.48. The van der Waals surface area contributed by atoms with E-state index in [1.807, 2.05) is 35.2 Å². The van der Waals surface area contributed by atoms with Gasteiger partial charge < -0.3 is 9.64 Å². The van der Waals surface area contributed by atoms with Gasteiger partial charge in [-0.05, 0) is 24.3 Å². The quantitative estimate of drug-likeness (QED) is 0.772.